The van der Waals surface area contributed by atoms with Crippen LogP contribution in [-0.2, 0) is 0 Å². The van der Waals surface area contributed by atoms with Gasteiger partial charge in [0.1, 0.15) is 0 Å². The Bertz CT molecular complexity index is 636. The summed E-state index contributed by atoms with van der Waals surface area (Å²) >= 11 is 5.78. The molecule has 2 rings (SSSR count). The lowest BCUT2D eigenvalue weighted by Crippen LogP contribution is -1.88. The minimum atomic E-state index is -0.616. The van der Waals surface area contributed by atoms with Crippen molar-refractivity contribution in [2.75, 3.05) is 0 Å². The number of nitrogens with zero attached hydrogens (tertiary/aromatic N) is 1. The summed E-state index contributed by atoms with van der Waals surface area (Å²) < 4.78 is 0. The van der Waals surface area contributed by atoms with E-state index in [1.165, 1.54) is 12.1 Å². The van der Waals surface area contributed by atoms with E-state index in [-0.39, 0.29) is 11.4 Å². The summed E-state index contributed by atoms with van der Waals surface area (Å²) in [6.07, 6.45) is 3.54. The Balaban J connectivity index is 2.26. The molecule has 0 aliphatic rings. The topological polar surface area (TPSA) is 63.4 Å². The average molecular weight is 276 g/mol. The summed E-state index contributed by atoms with van der Waals surface area (Å²) in [6.45, 7) is 0. The average Bonchev–Trinajstić information content (AvgIpc) is 2.39. The molecule has 0 saturated heterocycles. The highest BCUT2D eigenvalue weighted by Gasteiger charge is 2.12. The van der Waals surface area contributed by atoms with Crippen LogP contribution in [0.5, 0.6) is 5.75 Å². The van der Waals surface area contributed by atoms with Crippen LogP contribution in [0.25, 0.3) is 12.2 Å². The van der Waals surface area contributed by atoms with Gasteiger partial charge in [-0.25, -0.2) is 0 Å². The molecule has 2 aromatic carbocycles. The van der Waals surface area contributed by atoms with Gasteiger partial charge >= 0.3 is 5.69 Å². The maximum absolute atomic E-state index is 10.7. The van der Waals surface area contributed by atoms with Crippen LogP contribution in [0.15, 0.2) is 42.5 Å². The Morgan fingerprint density at radius 3 is 2.26 bits per heavy atom. The predicted octanol–water partition coefficient (Wildman–Crippen LogP) is 4.12. The molecule has 0 bridgehead atoms. The Morgan fingerprint density at radius 2 is 1.63 bits per heavy atom. The second-order valence-electron chi connectivity index (χ2n) is 3.89. The zero-order valence-electron chi connectivity index (χ0n) is 9.79. The van der Waals surface area contributed by atoms with Crippen LogP contribution in [0, 0.1) is 10.1 Å². The summed E-state index contributed by atoms with van der Waals surface area (Å²) in [5.41, 5.74) is 1.26. The molecule has 2 aromatic rings. The number of hydrogen-bond donors (Lipinski definition) is 1. The van der Waals surface area contributed by atoms with Crippen molar-refractivity contribution in [1.29, 1.82) is 0 Å². The van der Waals surface area contributed by atoms with Crippen molar-refractivity contribution in [2.24, 2.45) is 0 Å². The number of hydrogen-bond acceptors (Lipinski definition) is 3. The van der Waals surface area contributed by atoms with Crippen LogP contribution in [0.1, 0.15) is 11.1 Å². The molecule has 0 atom stereocenters. The lowest BCUT2D eigenvalue weighted by atomic mass is 10.1. The first-order valence-corrected chi connectivity index (χ1v) is 5.85. The van der Waals surface area contributed by atoms with Gasteiger partial charge in [-0.3, -0.25) is 10.1 Å². The highest BCUT2D eigenvalue weighted by molar-refractivity contribution is 6.30. The number of nitro benzene ring substituents is 1. The van der Waals surface area contributed by atoms with Crippen molar-refractivity contribution in [3.05, 3.63) is 68.7 Å². The Kier molecular flexibility index (Phi) is 3.82. The molecule has 4 nitrogen and oxygen atoms in total. The van der Waals surface area contributed by atoms with Crippen LogP contribution in [-0.4, -0.2) is 10.0 Å². The fourth-order valence-corrected chi connectivity index (χ4v) is 1.68. The molecule has 0 aliphatic carbocycles. The molecule has 1 N–H and O–H groups in total. The predicted molar refractivity (Wildman–Crippen MR) is 75.1 cm³/mol. The van der Waals surface area contributed by atoms with Crippen molar-refractivity contribution in [3.63, 3.8) is 0 Å². The third kappa shape index (κ3) is 3.33. The molecule has 96 valence electrons. The van der Waals surface area contributed by atoms with Crippen molar-refractivity contribution < 1.29 is 10.0 Å². The maximum Gasteiger partial charge on any atom is 0.311 e. The molecule has 5 heteroatoms. The number of phenolic OH excluding ortho intramolecular Hbond substituents is 1. The SMILES string of the molecule is O=[N+]([O-])c1cc(/C=C/c2ccc(Cl)cc2)ccc1O. The van der Waals surface area contributed by atoms with E-state index in [0.717, 1.165) is 5.56 Å². The van der Waals surface area contributed by atoms with Crippen LogP contribution < -0.4 is 0 Å². The van der Waals surface area contributed by atoms with Gasteiger partial charge in [0.05, 0.1) is 4.92 Å². The highest BCUT2D eigenvalue weighted by atomic mass is 35.5. The number of nitro groups is 1. The third-order valence-electron chi connectivity index (χ3n) is 2.53. The monoisotopic (exact) mass is 275 g/mol. The molecular formula is C14H10ClNO3. The minimum absolute atomic E-state index is 0.307. The van der Waals surface area contributed by atoms with E-state index in [1.807, 2.05) is 18.2 Å². The first kappa shape index (κ1) is 13.1. The van der Waals surface area contributed by atoms with Crippen molar-refractivity contribution in [2.45, 2.75) is 0 Å². The minimum Gasteiger partial charge on any atom is -0.502 e. The quantitative estimate of drug-likeness (QED) is 0.520. The first-order chi connectivity index (χ1) is 9.06. The Morgan fingerprint density at radius 1 is 1.05 bits per heavy atom. The van der Waals surface area contributed by atoms with Crippen LogP contribution in [0.3, 0.4) is 0 Å². The van der Waals surface area contributed by atoms with Crippen LogP contribution >= 0.6 is 11.6 Å². The molecule has 0 saturated carbocycles. The zero-order valence-corrected chi connectivity index (χ0v) is 10.5. The van der Waals surface area contributed by atoms with E-state index in [0.29, 0.717) is 10.6 Å². The highest BCUT2D eigenvalue weighted by Crippen LogP contribution is 2.27. The van der Waals surface area contributed by atoms with Crippen LogP contribution in [0.2, 0.25) is 5.02 Å². The van der Waals surface area contributed by atoms with Gasteiger partial charge in [0.15, 0.2) is 5.75 Å². The smallest absolute Gasteiger partial charge is 0.311 e. The van der Waals surface area contributed by atoms with E-state index in [9.17, 15) is 15.2 Å². The summed E-state index contributed by atoms with van der Waals surface area (Å²) in [6, 6.07) is 11.4. The molecule has 0 radical (unpaired) electrons. The summed E-state index contributed by atoms with van der Waals surface area (Å²) in [5.74, 6) is -0.339. The van der Waals surface area contributed by atoms with Crippen molar-refractivity contribution in [1.82, 2.24) is 0 Å². The standard InChI is InChI=1S/C14H10ClNO3/c15-12-6-3-10(4-7-12)1-2-11-5-8-14(17)13(9-11)16(18)19/h1-9,17H/b2-1+. The molecule has 0 spiro atoms. The number of halogens is 1. The summed E-state index contributed by atoms with van der Waals surface area (Å²) in [4.78, 5) is 10.1. The van der Waals surface area contributed by atoms with Gasteiger partial charge in [-0.1, -0.05) is 42.0 Å². The van der Waals surface area contributed by atoms with Gasteiger partial charge in [0.2, 0.25) is 0 Å². The van der Waals surface area contributed by atoms with Gasteiger partial charge < -0.3 is 5.11 Å². The van der Waals surface area contributed by atoms with E-state index >= 15 is 0 Å². The second-order valence-corrected chi connectivity index (χ2v) is 4.33. The van der Waals surface area contributed by atoms with E-state index in [4.69, 9.17) is 11.6 Å². The molecular weight excluding hydrogens is 266 g/mol. The molecule has 0 unspecified atom stereocenters. The van der Waals surface area contributed by atoms with Gasteiger partial charge in [-0.15, -0.1) is 0 Å². The van der Waals surface area contributed by atoms with Gasteiger partial charge in [0.25, 0.3) is 0 Å². The normalized spacial score (nSPS) is 10.8. The van der Waals surface area contributed by atoms with E-state index in [1.54, 1.807) is 24.3 Å². The molecule has 0 fully saturated rings. The second kappa shape index (κ2) is 5.54. The number of rotatable bonds is 3. The lowest BCUT2D eigenvalue weighted by molar-refractivity contribution is -0.385. The van der Waals surface area contributed by atoms with Gasteiger partial charge in [-0.2, -0.15) is 0 Å². The number of phenols is 1. The molecule has 0 amide bonds. The maximum atomic E-state index is 10.7. The van der Waals surface area contributed by atoms with Crippen LogP contribution in [0.4, 0.5) is 5.69 Å². The fourth-order valence-electron chi connectivity index (χ4n) is 1.56. The summed E-state index contributed by atoms with van der Waals surface area (Å²) in [5, 5.41) is 20.7. The molecule has 19 heavy (non-hydrogen) atoms. The molecule has 0 aromatic heterocycles. The van der Waals surface area contributed by atoms with Crippen molar-refractivity contribution in [3.8, 4) is 5.75 Å². The van der Waals surface area contributed by atoms with E-state index in [2.05, 4.69) is 0 Å². The Labute approximate surface area is 114 Å². The lowest BCUT2D eigenvalue weighted by Gasteiger charge is -1.98. The van der Waals surface area contributed by atoms with Gasteiger partial charge in [0, 0.05) is 11.1 Å². The largest absolute Gasteiger partial charge is 0.502 e. The molecule has 0 aliphatic heterocycles. The number of benzene rings is 2. The van der Waals surface area contributed by atoms with Gasteiger partial charge in [-0.05, 0) is 29.3 Å². The summed E-state index contributed by atoms with van der Waals surface area (Å²) in [7, 11) is 0. The van der Waals surface area contributed by atoms with E-state index < -0.39 is 4.92 Å². The fraction of sp³-hybridized carbons (Fsp3) is 0. The third-order valence-corrected chi connectivity index (χ3v) is 2.79. The molecule has 0 heterocycles. The zero-order chi connectivity index (χ0) is 13.8. The van der Waals surface area contributed by atoms with Crippen molar-refractivity contribution >= 4 is 29.4 Å². The number of aromatic hydroxyl groups is 1. The first-order valence-electron chi connectivity index (χ1n) is 5.47. The Hall–Kier alpha value is -2.33.